The zero-order valence-corrected chi connectivity index (χ0v) is 17.3. The molecule has 2 N–H and O–H groups in total. The van der Waals surface area contributed by atoms with Crippen LogP contribution in [0, 0.1) is 5.92 Å². The monoisotopic (exact) mass is 417 g/mol. The summed E-state index contributed by atoms with van der Waals surface area (Å²) in [5, 5.41) is 8.84. The highest BCUT2D eigenvalue weighted by molar-refractivity contribution is 7.10. The van der Waals surface area contributed by atoms with E-state index in [4.69, 9.17) is 0 Å². The SMILES string of the molecule is CN=C(NCC1CCCN(C)C1c1cccs1)NC1CCN(CC(F)(F)F)C1. The third-order valence-electron chi connectivity index (χ3n) is 5.61. The maximum absolute atomic E-state index is 12.6. The van der Waals surface area contributed by atoms with Crippen LogP contribution in [0.1, 0.15) is 30.2 Å². The topological polar surface area (TPSA) is 42.9 Å². The van der Waals surface area contributed by atoms with Gasteiger partial charge in [-0.2, -0.15) is 13.2 Å². The van der Waals surface area contributed by atoms with E-state index in [0.717, 1.165) is 19.5 Å². The fraction of sp³-hybridized carbons (Fsp3) is 0.737. The molecule has 9 heteroatoms. The van der Waals surface area contributed by atoms with Gasteiger partial charge in [-0.05, 0) is 50.2 Å². The predicted octanol–water partition coefficient (Wildman–Crippen LogP) is 2.93. The van der Waals surface area contributed by atoms with E-state index in [1.165, 1.54) is 16.2 Å². The molecular formula is C19H30F3N5S. The van der Waals surface area contributed by atoms with Crippen molar-refractivity contribution in [1.29, 1.82) is 0 Å². The number of halogens is 3. The number of nitrogens with one attached hydrogen (secondary N) is 2. The van der Waals surface area contributed by atoms with Crippen LogP contribution in [0.2, 0.25) is 0 Å². The zero-order valence-electron chi connectivity index (χ0n) is 16.5. The van der Waals surface area contributed by atoms with Gasteiger partial charge in [-0.1, -0.05) is 6.07 Å². The summed E-state index contributed by atoms with van der Waals surface area (Å²) in [6, 6.07) is 4.69. The van der Waals surface area contributed by atoms with Gasteiger partial charge in [0.25, 0.3) is 0 Å². The first-order valence-electron chi connectivity index (χ1n) is 9.85. The van der Waals surface area contributed by atoms with Crippen molar-refractivity contribution in [1.82, 2.24) is 20.4 Å². The molecule has 0 aromatic carbocycles. The largest absolute Gasteiger partial charge is 0.401 e. The summed E-state index contributed by atoms with van der Waals surface area (Å²) in [4.78, 5) is 9.54. The Morgan fingerprint density at radius 2 is 2.14 bits per heavy atom. The molecule has 0 amide bonds. The molecule has 3 unspecified atom stereocenters. The van der Waals surface area contributed by atoms with Gasteiger partial charge in [0.05, 0.1) is 6.54 Å². The summed E-state index contributed by atoms with van der Waals surface area (Å²) < 4.78 is 37.7. The molecule has 5 nitrogen and oxygen atoms in total. The van der Waals surface area contributed by atoms with Crippen LogP contribution >= 0.6 is 11.3 Å². The van der Waals surface area contributed by atoms with Gasteiger partial charge in [-0.15, -0.1) is 11.3 Å². The third kappa shape index (κ3) is 5.84. The summed E-state index contributed by atoms with van der Waals surface area (Å²) in [6.45, 7) is 1.91. The van der Waals surface area contributed by atoms with E-state index >= 15 is 0 Å². The molecule has 2 fully saturated rings. The van der Waals surface area contributed by atoms with E-state index in [0.29, 0.717) is 37.4 Å². The molecule has 28 heavy (non-hydrogen) atoms. The molecule has 3 atom stereocenters. The average molecular weight is 418 g/mol. The van der Waals surface area contributed by atoms with Crippen LogP contribution in [-0.2, 0) is 0 Å². The van der Waals surface area contributed by atoms with Crippen molar-refractivity contribution in [2.45, 2.75) is 37.5 Å². The number of nitrogens with zero attached hydrogens (tertiary/aromatic N) is 3. The van der Waals surface area contributed by atoms with Crippen molar-refractivity contribution in [3.63, 3.8) is 0 Å². The van der Waals surface area contributed by atoms with E-state index in [2.05, 4.69) is 45.1 Å². The number of rotatable bonds is 5. The second-order valence-corrected chi connectivity index (χ2v) is 8.76. The zero-order chi connectivity index (χ0) is 20.1. The molecule has 0 bridgehead atoms. The molecule has 1 aromatic heterocycles. The highest BCUT2D eigenvalue weighted by atomic mass is 32.1. The van der Waals surface area contributed by atoms with Crippen molar-refractivity contribution in [2.24, 2.45) is 10.9 Å². The molecule has 0 aliphatic carbocycles. The van der Waals surface area contributed by atoms with Crippen LogP contribution in [0.5, 0.6) is 0 Å². The van der Waals surface area contributed by atoms with Gasteiger partial charge >= 0.3 is 6.18 Å². The molecule has 2 saturated heterocycles. The highest BCUT2D eigenvalue weighted by Gasteiger charge is 2.35. The molecule has 1 aromatic rings. The number of thiophene rings is 1. The van der Waals surface area contributed by atoms with Crippen LogP contribution < -0.4 is 10.6 Å². The summed E-state index contributed by atoms with van der Waals surface area (Å²) in [5.74, 6) is 1.15. The number of aliphatic imine (C=N–C) groups is 1. The number of likely N-dealkylation sites (tertiary alicyclic amines) is 2. The van der Waals surface area contributed by atoms with Crippen LogP contribution in [-0.4, -0.2) is 74.8 Å². The van der Waals surface area contributed by atoms with E-state index < -0.39 is 12.7 Å². The van der Waals surface area contributed by atoms with Crippen LogP contribution in [0.15, 0.2) is 22.5 Å². The Bertz CT molecular complexity index is 634. The van der Waals surface area contributed by atoms with Gasteiger partial charge in [0.15, 0.2) is 5.96 Å². The first-order valence-corrected chi connectivity index (χ1v) is 10.7. The molecule has 2 aliphatic heterocycles. The normalized spacial score (nSPS) is 27.9. The molecule has 2 aliphatic rings. The third-order valence-corrected chi connectivity index (χ3v) is 6.56. The lowest BCUT2D eigenvalue weighted by Gasteiger charge is -2.39. The Morgan fingerprint density at radius 3 is 2.82 bits per heavy atom. The van der Waals surface area contributed by atoms with E-state index in [-0.39, 0.29) is 6.04 Å². The molecule has 0 saturated carbocycles. The van der Waals surface area contributed by atoms with Gasteiger partial charge in [-0.25, -0.2) is 0 Å². The Morgan fingerprint density at radius 1 is 1.32 bits per heavy atom. The summed E-state index contributed by atoms with van der Waals surface area (Å²) >= 11 is 1.80. The van der Waals surface area contributed by atoms with Crippen LogP contribution in [0.4, 0.5) is 13.2 Å². The lowest BCUT2D eigenvalue weighted by molar-refractivity contribution is -0.143. The van der Waals surface area contributed by atoms with Crippen molar-refractivity contribution in [2.75, 3.05) is 46.8 Å². The van der Waals surface area contributed by atoms with Gasteiger partial charge in [0, 0.05) is 43.6 Å². The van der Waals surface area contributed by atoms with E-state index in [1.54, 1.807) is 18.4 Å². The number of alkyl halides is 3. The number of hydrogen-bond donors (Lipinski definition) is 2. The second-order valence-electron chi connectivity index (χ2n) is 7.78. The molecule has 0 spiro atoms. The first kappa shape index (κ1) is 21.4. The standard InChI is InChI=1S/C19H30F3N5S/c1-23-18(25-15-7-9-27(12-15)13-19(20,21)22)24-11-14-5-3-8-26(2)17(14)16-6-4-10-28-16/h4,6,10,14-15,17H,3,5,7-9,11-13H2,1-2H3,(H2,23,24,25). The fourth-order valence-corrected chi connectivity index (χ4v) is 5.33. The Balaban J connectivity index is 1.51. The molecule has 3 heterocycles. The average Bonchev–Trinajstić information content (AvgIpc) is 3.29. The molecule has 0 radical (unpaired) electrons. The van der Waals surface area contributed by atoms with Gasteiger partial charge in [0.1, 0.15) is 0 Å². The summed E-state index contributed by atoms with van der Waals surface area (Å²) in [7, 11) is 3.89. The number of piperidine rings is 1. The van der Waals surface area contributed by atoms with Crippen LogP contribution in [0.25, 0.3) is 0 Å². The molecular weight excluding hydrogens is 387 g/mol. The van der Waals surface area contributed by atoms with Gasteiger partial charge < -0.3 is 10.6 Å². The smallest absolute Gasteiger partial charge is 0.356 e. The maximum atomic E-state index is 12.6. The van der Waals surface area contributed by atoms with Crippen molar-refractivity contribution in [3.05, 3.63) is 22.4 Å². The summed E-state index contributed by atoms with van der Waals surface area (Å²) in [5.41, 5.74) is 0. The molecule has 3 rings (SSSR count). The lowest BCUT2D eigenvalue weighted by Crippen LogP contribution is -2.48. The van der Waals surface area contributed by atoms with E-state index in [9.17, 15) is 13.2 Å². The van der Waals surface area contributed by atoms with Crippen molar-refractivity contribution < 1.29 is 13.2 Å². The maximum Gasteiger partial charge on any atom is 0.401 e. The fourth-order valence-electron chi connectivity index (χ4n) is 4.35. The Hall–Kier alpha value is -1.32. The minimum atomic E-state index is -4.14. The predicted molar refractivity (Wildman–Crippen MR) is 108 cm³/mol. The van der Waals surface area contributed by atoms with E-state index in [1.807, 2.05) is 0 Å². The quantitative estimate of drug-likeness (QED) is 0.571. The minimum Gasteiger partial charge on any atom is -0.356 e. The number of guanidine groups is 1. The van der Waals surface area contributed by atoms with Crippen molar-refractivity contribution in [3.8, 4) is 0 Å². The Kier molecular flexibility index (Phi) is 7.22. The highest BCUT2D eigenvalue weighted by Crippen LogP contribution is 2.36. The lowest BCUT2D eigenvalue weighted by atomic mass is 9.88. The van der Waals surface area contributed by atoms with Gasteiger partial charge in [0.2, 0.25) is 0 Å². The van der Waals surface area contributed by atoms with Crippen molar-refractivity contribution >= 4 is 17.3 Å². The minimum absolute atomic E-state index is 0.00401. The summed E-state index contributed by atoms with van der Waals surface area (Å²) in [6.07, 6.45) is -1.12. The van der Waals surface area contributed by atoms with Crippen LogP contribution in [0.3, 0.4) is 0 Å². The van der Waals surface area contributed by atoms with Gasteiger partial charge in [-0.3, -0.25) is 14.8 Å². The second kappa shape index (κ2) is 9.45. The Labute approximate surface area is 169 Å². The number of hydrogen-bond acceptors (Lipinski definition) is 4. The first-order chi connectivity index (χ1) is 13.4. The molecule has 158 valence electrons.